The van der Waals surface area contributed by atoms with Crippen LogP contribution in [-0.2, 0) is 9.59 Å². The largest absolute Gasteiger partial charge is 0.481 e. The maximum Gasteiger partial charge on any atom is 0.303 e. The van der Waals surface area contributed by atoms with E-state index in [1.54, 1.807) is 0 Å². The number of rotatable bonds is 6. The van der Waals surface area contributed by atoms with E-state index in [4.69, 9.17) is 20.4 Å². The number of hydrogen-bond donors (Lipinski definition) is 3. The van der Waals surface area contributed by atoms with E-state index >= 15 is 0 Å². The lowest BCUT2D eigenvalue weighted by Gasteiger charge is -2.07. The molecule has 0 bridgehead atoms. The van der Waals surface area contributed by atoms with Crippen LogP contribution in [0.4, 0.5) is 0 Å². The van der Waals surface area contributed by atoms with Crippen molar-refractivity contribution in [2.45, 2.75) is 25.7 Å². The Kier molecular flexibility index (Phi) is 7.08. The topological polar surface area (TPSA) is 127 Å². The maximum absolute atomic E-state index is 9.64. The molecular weight excluding hydrogens is 348 g/mol. The van der Waals surface area contributed by atoms with Crippen LogP contribution in [0.5, 0.6) is 0 Å². The minimum Gasteiger partial charge on any atom is -0.481 e. The molecule has 0 fully saturated rings. The van der Waals surface area contributed by atoms with E-state index in [9.17, 15) is 9.59 Å². The fraction of sp³-hybridized carbons (Fsp3) is 0.250. The summed E-state index contributed by atoms with van der Waals surface area (Å²) < 4.78 is 5.78. The molecule has 4 N–H and O–H groups in total. The number of oxazole rings is 1. The molecule has 142 valence electrons. The van der Waals surface area contributed by atoms with Crippen molar-refractivity contribution >= 4 is 23.0 Å². The molecule has 0 radical (unpaired) electrons. The monoisotopic (exact) mass is 370 g/mol. The van der Waals surface area contributed by atoms with Gasteiger partial charge in [-0.2, -0.15) is 0 Å². The number of hydrogen-bond acceptors (Lipinski definition) is 5. The lowest BCUT2D eigenvalue weighted by Crippen LogP contribution is -2.08. The van der Waals surface area contributed by atoms with Gasteiger partial charge in [-0.3, -0.25) is 9.59 Å². The number of carboxylic acids is 2. The van der Waals surface area contributed by atoms with Crippen molar-refractivity contribution in [2.24, 2.45) is 5.73 Å². The van der Waals surface area contributed by atoms with Gasteiger partial charge in [0.2, 0.25) is 5.89 Å². The molecule has 3 rings (SSSR count). The first-order valence-corrected chi connectivity index (χ1v) is 8.50. The average molecular weight is 370 g/mol. The number of carboxylic acid groups (broad SMARTS) is 2. The Morgan fingerprint density at radius 1 is 1.07 bits per heavy atom. The number of nitrogens with two attached hydrogens (primary N) is 1. The van der Waals surface area contributed by atoms with Gasteiger partial charge in [-0.25, -0.2) is 4.98 Å². The molecule has 1 aromatic heterocycles. The Morgan fingerprint density at radius 2 is 1.70 bits per heavy atom. The molecule has 0 spiro atoms. The number of nitrogens with zero attached hydrogens (tertiary/aromatic N) is 1. The van der Waals surface area contributed by atoms with Crippen LogP contribution >= 0.6 is 0 Å². The molecule has 1 atom stereocenters. The van der Waals surface area contributed by atoms with Crippen LogP contribution in [0.15, 0.2) is 52.9 Å². The van der Waals surface area contributed by atoms with Crippen LogP contribution in [0.25, 0.3) is 22.6 Å². The molecular formula is C20H22N2O5. The van der Waals surface area contributed by atoms with Gasteiger partial charge in [0, 0.05) is 5.56 Å². The first-order chi connectivity index (χ1) is 12.9. The normalized spacial score (nSPS) is 11.5. The summed E-state index contributed by atoms with van der Waals surface area (Å²) in [5, 5.41) is 15.8. The van der Waals surface area contributed by atoms with E-state index in [1.165, 1.54) is 5.56 Å². The summed E-state index contributed by atoms with van der Waals surface area (Å²) in [5.41, 5.74) is 9.59. The van der Waals surface area contributed by atoms with Crippen molar-refractivity contribution in [1.29, 1.82) is 0 Å². The molecule has 27 heavy (non-hydrogen) atoms. The third kappa shape index (κ3) is 5.93. The van der Waals surface area contributed by atoms with Crippen LogP contribution in [-0.4, -0.2) is 33.7 Å². The zero-order chi connectivity index (χ0) is 19.8. The summed E-state index contributed by atoms with van der Waals surface area (Å²) >= 11 is 0. The van der Waals surface area contributed by atoms with Gasteiger partial charge in [0.05, 0.1) is 12.8 Å². The molecule has 0 saturated carbocycles. The third-order valence-electron chi connectivity index (χ3n) is 3.91. The molecule has 3 aromatic rings. The highest BCUT2D eigenvalue weighted by Gasteiger charge is 2.10. The molecule has 7 heteroatoms. The number of benzene rings is 2. The Labute approximate surface area is 156 Å². The Hall–Kier alpha value is -3.19. The highest BCUT2D eigenvalue weighted by Crippen LogP contribution is 2.26. The highest BCUT2D eigenvalue weighted by atomic mass is 16.4. The number of fused-ring (bicyclic) bond motifs is 1. The number of carbonyl (C=O) groups is 2. The van der Waals surface area contributed by atoms with Crippen LogP contribution in [0.2, 0.25) is 0 Å². The maximum atomic E-state index is 9.64. The average Bonchev–Trinajstić information content (AvgIpc) is 3.10. The van der Waals surface area contributed by atoms with E-state index < -0.39 is 11.9 Å². The van der Waals surface area contributed by atoms with Crippen molar-refractivity contribution in [3.05, 3.63) is 54.1 Å². The quantitative estimate of drug-likeness (QED) is 0.606. The third-order valence-corrected chi connectivity index (χ3v) is 3.91. The second kappa shape index (κ2) is 9.49. The van der Waals surface area contributed by atoms with E-state index in [0.29, 0.717) is 18.4 Å². The van der Waals surface area contributed by atoms with Crippen molar-refractivity contribution in [3.63, 3.8) is 0 Å². The molecule has 7 nitrogen and oxygen atoms in total. The summed E-state index contributed by atoms with van der Waals surface area (Å²) in [6.45, 7) is 2.74. The summed E-state index contributed by atoms with van der Waals surface area (Å²) in [7, 11) is 0. The van der Waals surface area contributed by atoms with Gasteiger partial charge in [-0.15, -0.1) is 0 Å². The van der Waals surface area contributed by atoms with Gasteiger partial charge in [-0.1, -0.05) is 31.2 Å². The van der Waals surface area contributed by atoms with Gasteiger partial charge in [0.15, 0.2) is 5.58 Å². The summed E-state index contributed by atoms with van der Waals surface area (Å²) in [6, 6.07) is 16.0. The molecule has 0 aliphatic rings. The van der Waals surface area contributed by atoms with E-state index in [0.717, 1.165) is 16.7 Å². The predicted octanol–water partition coefficient (Wildman–Crippen LogP) is 3.49. The lowest BCUT2D eigenvalue weighted by atomic mass is 10.0. The molecule has 1 heterocycles. The van der Waals surface area contributed by atoms with E-state index in [1.807, 2.05) is 36.4 Å². The number of aliphatic carboxylic acids is 2. The molecule has 0 amide bonds. The van der Waals surface area contributed by atoms with Crippen LogP contribution < -0.4 is 5.73 Å². The smallest absolute Gasteiger partial charge is 0.303 e. The van der Waals surface area contributed by atoms with E-state index in [-0.39, 0.29) is 12.8 Å². The van der Waals surface area contributed by atoms with Gasteiger partial charge in [-0.05, 0) is 42.3 Å². The first kappa shape index (κ1) is 20.1. The van der Waals surface area contributed by atoms with Gasteiger partial charge in [0.1, 0.15) is 5.52 Å². The van der Waals surface area contributed by atoms with Crippen molar-refractivity contribution in [2.75, 3.05) is 6.54 Å². The van der Waals surface area contributed by atoms with Crippen LogP contribution in [0, 0.1) is 0 Å². The van der Waals surface area contributed by atoms with Crippen LogP contribution in [0.1, 0.15) is 31.2 Å². The zero-order valence-corrected chi connectivity index (χ0v) is 15.0. The summed E-state index contributed by atoms with van der Waals surface area (Å²) in [4.78, 5) is 23.8. The summed E-state index contributed by atoms with van der Waals surface area (Å²) in [6.07, 6.45) is -0.593. The predicted molar refractivity (Wildman–Crippen MR) is 101 cm³/mol. The van der Waals surface area contributed by atoms with Gasteiger partial charge in [0.25, 0.3) is 0 Å². The molecule has 0 aliphatic carbocycles. The van der Waals surface area contributed by atoms with E-state index in [2.05, 4.69) is 24.0 Å². The lowest BCUT2D eigenvalue weighted by molar-refractivity contribution is -0.143. The van der Waals surface area contributed by atoms with Gasteiger partial charge < -0.3 is 20.4 Å². The summed E-state index contributed by atoms with van der Waals surface area (Å²) in [5.74, 6) is -1.16. The van der Waals surface area contributed by atoms with Gasteiger partial charge >= 0.3 is 11.9 Å². The Morgan fingerprint density at radius 3 is 2.26 bits per heavy atom. The molecule has 1 unspecified atom stereocenters. The zero-order valence-electron chi connectivity index (χ0n) is 15.0. The number of aromatic nitrogens is 1. The van der Waals surface area contributed by atoms with Crippen molar-refractivity contribution < 1.29 is 24.2 Å². The standard InChI is InChI=1S/C16H16N2O.C4H6O4/c1-11(10-17)13-7-8-15-14(9-13)18-16(19-15)12-5-3-2-4-6-12;5-3(6)1-2-4(7)8/h2-9,11H,10,17H2,1H3;1-2H2,(H,5,6)(H,7,8). The second-order valence-electron chi connectivity index (χ2n) is 6.04. The minimum atomic E-state index is -1.08. The second-order valence-corrected chi connectivity index (χ2v) is 6.04. The minimum absolute atomic E-state index is 0.296. The first-order valence-electron chi connectivity index (χ1n) is 8.50. The van der Waals surface area contributed by atoms with Crippen molar-refractivity contribution in [3.8, 4) is 11.5 Å². The highest BCUT2D eigenvalue weighted by molar-refractivity contribution is 5.77. The van der Waals surface area contributed by atoms with Crippen LogP contribution in [0.3, 0.4) is 0 Å². The van der Waals surface area contributed by atoms with Crippen molar-refractivity contribution in [1.82, 2.24) is 4.98 Å². The SMILES string of the molecule is CC(CN)c1ccc2oc(-c3ccccc3)nc2c1.O=C(O)CCC(=O)O. The Bertz CT molecular complexity index is 891. The molecule has 2 aromatic carbocycles. The Balaban J connectivity index is 0.000000279. The molecule has 0 saturated heterocycles. The fourth-order valence-corrected chi connectivity index (χ4v) is 2.31. The fourth-order valence-electron chi connectivity index (χ4n) is 2.31. The molecule has 0 aliphatic heterocycles.